The Bertz CT molecular complexity index is 587. The number of aliphatic imine (C=N–C) groups is 1. The van der Waals surface area contributed by atoms with Crippen LogP contribution in [0.2, 0.25) is 0 Å². The summed E-state index contributed by atoms with van der Waals surface area (Å²) < 4.78 is 0. The smallest absolute Gasteiger partial charge is 0.191 e. The Labute approximate surface area is 187 Å². The largest absolute Gasteiger partial charge is 0.393 e. The Balaban J connectivity index is 0.00000280. The lowest BCUT2D eigenvalue weighted by Gasteiger charge is -2.26. The van der Waals surface area contributed by atoms with Crippen molar-refractivity contribution in [2.75, 3.05) is 26.2 Å². The molecular weight excluding hydrogens is 463 g/mol. The minimum atomic E-state index is -0.159. The van der Waals surface area contributed by atoms with Crippen LogP contribution in [-0.4, -0.2) is 48.2 Å². The summed E-state index contributed by atoms with van der Waals surface area (Å²) in [6.07, 6.45) is 7.07. The zero-order valence-corrected chi connectivity index (χ0v) is 19.5. The van der Waals surface area contributed by atoms with Crippen LogP contribution in [0.1, 0.15) is 56.6 Å². The fourth-order valence-corrected chi connectivity index (χ4v) is 4.12. The molecule has 6 heteroatoms. The van der Waals surface area contributed by atoms with Gasteiger partial charge in [-0.2, -0.15) is 0 Å². The maximum Gasteiger partial charge on any atom is 0.191 e. The molecule has 2 atom stereocenters. The second-order valence-corrected chi connectivity index (χ2v) is 7.99. The van der Waals surface area contributed by atoms with Crippen molar-refractivity contribution in [3.05, 3.63) is 35.4 Å². The van der Waals surface area contributed by atoms with Crippen LogP contribution in [0.3, 0.4) is 0 Å². The van der Waals surface area contributed by atoms with Gasteiger partial charge in [-0.05, 0) is 56.8 Å². The van der Waals surface area contributed by atoms with E-state index in [0.29, 0.717) is 12.5 Å². The Hall–Kier alpha value is -0.860. The highest BCUT2D eigenvalue weighted by Gasteiger charge is 2.24. The second kappa shape index (κ2) is 12.6. The predicted molar refractivity (Wildman–Crippen MR) is 127 cm³/mol. The van der Waals surface area contributed by atoms with Gasteiger partial charge in [0.25, 0.3) is 0 Å². The molecule has 158 valence electrons. The van der Waals surface area contributed by atoms with Crippen molar-refractivity contribution in [2.24, 2.45) is 10.9 Å². The highest BCUT2D eigenvalue weighted by Crippen LogP contribution is 2.24. The molecule has 1 aliphatic heterocycles. The predicted octanol–water partition coefficient (Wildman–Crippen LogP) is 3.51. The Morgan fingerprint density at radius 2 is 1.75 bits per heavy atom. The molecule has 1 saturated carbocycles. The lowest BCUT2D eigenvalue weighted by Crippen LogP contribution is -2.41. The Morgan fingerprint density at radius 1 is 1.04 bits per heavy atom. The molecular formula is C22H37IN4O. The van der Waals surface area contributed by atoms with Gasteiger partial charge >= 0.3 is 0 Å². The first kappa shape index (κ1) is 23.4. The van der Waals surface area contributed by atoms with Crippen molar-refractivity contribution in [3.63, 3.8) is 0 Å². The second-order valence-electron chi connectivity index (χ2n) is 7.99. The molecule has 2 fully saturated rings. The third kappa shape index (κ3) is 7.52. The van der Waals surface area contributed by atoms with Crippen molar-refractivity contribution in [1.29, 1.82) is 0 Å². The fourth-order valence-electron chi connectivity index (χ4n) is 4.12. The van der Waals surface area contributed by atoms with E-state index >= 15 is 0 Å². The zero-order valence-electron chi connectivity index (χ0n) is 17.2. The van der Waals surface area contributed by atoms with Crippen molar-refractivity contribution in [2.45, 2.75) is 64.6 Å². The van der Waals surface area contributed by atoms with Crippen LogP contribution in [-0.2, 0) is 13.1 Å². The van der Waals surface area contributed by atoms with Crippen molar-refractivity contribution >= 4 is 29.9 Å². The van der Waals surface area contributed by atoms with Gasteiger partial charge in [0.2, 0.25) is 0 Å². The van der Waals surface area contributed by atoms with Crippen LogP contribution in [0.25, 0.3) is 0 Å². The van der Waals surface area contributed by atoms with E-state index in [1.54, 1.807) is 0 Å². The SMILES string of the molecule is CCNC(=NCc1ccc(CN2CCCCC2)cc1)NCC1CCCC1O.I. The standard InChI is InChI=1S/C22H36N4O.HI/c1-2-23-22(25-16-20-7-6-8-21(20)27)24-15-18-9-11-19(12-10-18)17-26-13-4-3-5-14-26;/h9-12,20-21,27H,2-8,13-17H2,1H3,(H2,23,24,25);1H. The summed E-state index contributed by atoms with van der Waals surface area (Å²) in [4.78, 5) is 7.27. The number of nitrogens with zero attached hydrogens (tertiary/aromatic N) is 2. The van der Waals surface area contributed by atoms with E-state index in [4.69, 9.17) is 4.99 Å². The molecule has 0 amide bonds. The maximum absolute atomic E-state index is 9.98. The van der Waals surface area contributed by atoms with Crippen molar-refractivity contribution in [3.8, 4) is 0 Å². The Kier molecular flexibility index (Phi) is 10.6. The van der Waals surface area contributed by atoms with Gasteiger partial charge in [-0.3, -0.25) is 4.90 Å². The van der Waals surface area contributed by atoms with Gasteiger partial charge in [0.05, 0.1) is 12.6 Å². The van der Waals surface area contributed by atoms with Gasteiger partial charge in [-0.25, -0.2) is 4.99 Å². The van der Waals surface area contributed by atoms with Crippen LogP contribution in [0.5, 0.6) is 0 Å². The molecule has 1 heterocycles. The number of aliphatic hydroxyl groups is 1. The monoisotopic (exact) mass is 500 g/mol. The number of piperidine rings is 1. The van der Waals surface area contributed by atoms with Gasteiger partial charge in [0.1, 0.15) is 0 Å². The van der Waals surface area contributed by atoms with Crippen molar-refractivity contribution < 1.29 is 5.11 Å². The van der Waals surface area contributed by atoms with E-state index in [1.807, 2.05) is 0 Å². The average molecular weight is 500 g/mol. The van der Waals surface area contributed by atoms with Gasteiger partial charge in [-0.1, -0.05) is 37.1 Å². The van der Waals surface area contributed by atoms with E-state index in [-0.39, 0.29) is 30.1 Å². The maximum atomic E-state index is 9.98. The third-order valence-corrected chi connectivity index (χ3v) is 5.79. The normalized spacial score (nSPS) is 23.3. The lowest BCUT2D eigenvalue weighted by molar-refractivity contribution is 0.134. The highest BCUT2D eigenvalue weighted by molar-refractivity contribution is 14.0. The number of benzene rings is 1. The molecule has 0 aromatic heterocycles. The molecule has 2 unspecified atom stereocenters. The summed E-state index contributed by atoms with van der Waals surface area (Å²) in [6.45, 7) is 7.93. The molecule has 1 aromatic carbocycles. The van der Waals surface area contributed by atoms with Gasteiger partial charge < -0.3 is 15.7 Å². The Morgan fingerprint density at radius 3 is 2.39 bits per heavy atom. The number of hydrogen-bond donors (Lipinski definition) is 3. The lowest BCUT2D eigenvalue weighted by atomic mass is 10.1. The first-order valence-corrected chi connectivity index (χ1v) is 10.7. The fraction of sp³-hybridized carbons (Fsp3) is 0.682. The number of guanidine groups is 1. The number of halogens is 1. The minimum absolute atomic E-state index is 0. The van der Waals surface area contributed by atoms with Crippen LogP contribution in [0.4, 0.5) is 0 Å². The first-order chi connectivity index (χ1) is 13.2. The molecule has 0 spiro atoms. The molecule has 1 aliphatic carbocycles. The van der Waals surface area contributed by atoms with E-state index in [0.717, 1.165) is 44.9 Å². The van der Waals surface area contributed by atoms with E-state index < -0.39 is 0 Å². The van der Waals surface area contributed by atoms with Gasteiger partial charge in [0.15, 0.2) is 5.96 Å². The molecule has 3 rings (SSSR count). The van der Waals surface area contributed by atoms with E-state index in [2.05, 4.69) is 46.7 Å². The highest BCUT2D eigenvalue weighted by atomic mass is 127. The van der Waals surface area contributed by atoms with Crippen LogP contribution < -0.4 is 10.6 Å². The van der Waals surface area contributed by atoms with Gasteiger partial charge in [0, 0.05) is 25.6 Å². The number of aliphatic hydroxyl groups excluding tert-OH is 1. The molecule has 1 aromatic rings. The molecule has 1 saturated heterocycles. The molecule has 0 bridgehead atoms. The number of rotatable bonds is 7. The molecule has 0 radical (unpaired) electrons. The van der Waals surface area contributed by atoms with Crippen molar-refractivity contribution in [1.82, 2.24) is 15.5 Å². The number of hydrogen-bond acceptors (Lipinski definition) is 3. The molecule has 5 nitrogen and oxygen atoms in total. The summed E-state index contributed by atoms with van der Waals surface area (Å²) in [5.74, 6) is 1.19. The van der Waals surface area contributed by atoms with Crippen LogP contribution in [0.15, 0.2) is 29.3 Å². The summed E-state index contributed by atoms with van der Waals surface area (Å²) in [6, 6.07) is 8.89. The van der Waals surface area contributed by atoms with E-state index in [9.17, 15) is 5.11 Å². The molecule has 28 heavy (non-hydrogen) atoms. The molecule has 2 aliphatic rings. The van der Waals surface area contributed by atoms with Crippen LogP contribution in [0, 0.1) is 5.92 Å². The minimum Gasteiger partial charge on any atom is -0.393 e. The topological polar surface area (TPSA) is 59.9 Å². The summed E-state index contributed by atoms with van der Waals surface area (Å²) in [5, 5.41) is 16.7. The van der Waals surface area contributed by atoms with Crippen LogP contribution >= 0.6 is 24.0 Å². The van der Waals surface area contributed by atoms with Gasteiger partial charge in [-0.15, -0.1) is 24.0 Å². The quantitative estimate of drug-likeness (QED) is 0.305. The summed E-state index contributed by atoms with van der Waals surface area (Å²) >= 11 is 0. The first-order valence-electron chi connectivity index (χ1n) is 10.7. The third-order valence-electron chi connectivity index (χ3n) is 5.79. The number of nitrogens with one attached hydrogen (secondary N) is 2. The number of likely N-dealkylation sites (tertiary alicyclic amines) is 1. The summed E-state index contributed by atoms with van der Waals surface area (Å²) in [5.41, 5.74) is 2.63. The zero-order chi connectivity index (χ0) is 18.9. The molecule has 3 N–H and O–H groups in total. The average Bonchev–Trinajstić information content (AvgIpc) is 3.11. The van der Waals surface area contributed by atoms with E-state index in [1.165, 1.54) is 43.5 Å². The summed E-state index contributed by atoms with van der Waals surface area (Å²) in [7, 11) is 0.